The zero-order chi connectivity index (χ0) is 34.3. The molecule has 0 saturated heterocycles. The Balaban J connectivity index is 0.991. The van der Waals surface area contributed by atoms with Gasteiger partial charge in [-0.25, -0.2) is 26.3 Å². The molecule has 0 saturated carbocycles. The predicted molar refractivity (Wildman–Crippen MR) is 193 cm³/mol. The third kappa shape index (κ3) is 6.71. The van der Waals surface area contributed by atoms with Crippen LogP contribution in [0.3, 0.4) is 0 Å². The molecule has 16 heteroatoms. The SMILES string of the molecule is O=S(=O)(NCCNc1cc2cc(Cl)ccc2[nH]1)c1ccc2c(c1)C(=NO)c1cc(S(=O)(=O)NCCNc3cc4cc(Cl)ccc4[nH]3)ccc1-2. The predicted octanol–water partition coefficient (Wildman–Crippen LogP) is 5.94. The summed E-state index contributed by atoms with van der Waals surface area (Å²) < 4.78 is 57.9. The van der Waals surface area contributed by atoms with Crippen LogP contribution in [0, 0.1) is 0 Å². The summed E-state index contributed by atoms with van der Waals surface area (Å²) in [4.78, 5) is 6.36. The number of aromatic nitrogens is 2. The third-order valence-corrected chi connectivity index (χ3v) is 11.5. The minimum absolute atomic E-state index is 0.0273. The maximum Gasteiger partial charge on any atom is 0.240 e. The summed E-state index contributed by atoms with van der Waals surface area (Å²) in [5, 5.41) is 22.8. The van der Waals surface area contributed by atoms with Crippen molar-refractivity contribution in [2.45, 2.75) is 9.79 Å². The minimum Gasteiger partial charge on any atom is -0.410 e. The van der Waals surface area contributed by atoms with Crippen LogP contribution < -0.4 is 20.1 Å². The van der Waals surface area contributed by atoms with Gasteiger partial charge in [-0.05, 0) is 83.9 Å². The minimum atomic E-state index is -3.93. The number of nitrogens with one attached hydrogen (secondary N) is 6. The second kappa shape index (κ2) is 13.0. The summed E-state index contributed by atoms with van der Waals surface area (Å²) in [6.45, 7) is 0.798. The van der Waals surface area contributed by atoms with Gasteiger partial charge in [-0.2, -0.15) is 0 Å². The molecular weight excluding hydrogens is 709 g/mol. The molecular formula is C33H29Cl2N7O5S2. The molecule has 0 spiro atoms. The molecule has 0 atom stereocenters. The van der Waals surface area contributed by atoms with Crippen molar-refractivity contribution in [3.05, 3.63) is 106 Å². The van der Waals surface area contributed by atoms with E-state index in [1.54, 1.807) is 24.3 Å². The second-order valence-corrected chi connectivity index (χ2v) is 15.7. The van der Waals surface area contributed by atoms with Crippen molar-refractivity contribution in [2.24, 2.45) is 5.16 Å². The van der Waals surface area contributed by atoms with Crippen LogP contribution in [0.25, 0.3) is 32.9 Å². The number of H-pyrrole nitrogens is 2. The van der Waals surface area contributed by atoms with Gasteiger partial charge >= 0.3 is 0 Å². The quantitative estimate of drug-likeness (QED) is 0.0460. The summed E-state index contributed by atoms with van der Waals surface area (Å²) in [7, 11) is -7.87. The molecule has 4 aromatic carbocycles. The average molecular weight is 739 g/mol. The number of nitrogens with zero attached hydrogens (tertiary/aromatic N) is 1. The van der Waals surface area contributed by atoms with Gasteiger partial charge in [0.2, 0.25) is 20.0 Å². The number of hydrogen-bond donors (Lipinski definition) is 7. The van der Waals surface area contributed by atoms with E-state index in [9.17, 15) is 22.0 Å². The normalized spacial score (nSPS) is 12.7. The van der Waals surface area contributed by atoms with Crippen molar-refractivity contribution < 1.29 is 22.0 Å². The van der Waals surface area contributed by atoms with E-state index in [2.05, 4.69) is 35.2 Å². The molecule has 1 aliphatic carbocycles. The first kappa shape index (κ1) is 33.0. The molecule has 0 radical (unpaired) electrons. The van der Waals surface area contributed by atoms with Crippen LogP contribution in [0.1, 0.15) is 11.1 Å². The molecule has 0 amide bonds. The van der Waals surface area contributed by atoms with E-state index in [4.69, 9.17) is 23.2 Å². The topological polar surface area (TPSA) is 181 Å². The molecule has 2 aromatic heterocycles. The average Bonchev–Trinajstić information content (AvgIpc) is 3.76. The lowest BCUT2D eigenvalue weighted by Crippen LogP contribution is -2.29. The fraction of sp³-hybridized carbons (Fsp3) is 0.121. The van der Waals surface area contributed by atoms with E-state index in [-0.39, 0.29) is 28.6 Å². The summed E-state index contributed by atoms with van der Waals surface area (Å²) in [5.74, 6) is 1.44. The Morgan fingerprint density at radius 1 is 0.571 bits per heavy atom. The van der Waals surface area contributed by atoms with Crippen LogP contribution in [-0.2, 0) is 20.0 Å². The zero-order valence-corrected chi connectivity index (χ0v) is 28.7. The Morgan fingerprint density at radius 3 is 1.45 bits per heavy atom. The van der Waals surface area contributed by atoms with Crippen molar-refractivity contribution in [3.8, 4) is 11.1 Å². The highest BCUT2D eigenvalue weighted by molar-refractivity contribution is 7.89. The van der Waals surface area contributed by atoms with Gasteiger partial charge < -0.3 is 25.8 Å². The van der Waals surface area contributed by atoms with Crippen molar-refractivity contribution in [1.82, 2.24) is 19.4 Å². The maximum absolute atomic E-state index is 13.2. The highest BCUT2D eigenvalue weighted by Gasteiger charge is 2.29. The Morgan fingerprint density at radius 2 is 1.02 bits per heavy atom. The third-order valence-electron chi connectivity index (χ3n) is 8.13. The number of sulfonamides is 2. The van der Waals surface area contributed by atoms with Gasteiger partial charge in [-0.3, -0.25) is 0 Å². The second-order valence-electron chi connectivity index (χ2n) is 11.3. The van der Waals surface area contributed by atoms with Crippen molar-refractivity contribution in [3.63, 3.8) is 0 Å². The molecule has 0 bridgehead atoms. The van der Waals surface area contributed by atoms with Crippen molar-refractivity contribution >= 4 is 82.4 Å². The van der Waals surface area contributed by atoms with Crippen LogP contribution in [0.4, 0.5) is 11.6 Å². The summed E-state index contributed by atoms with van der Waals surface area (Å²) >= 11 is 12.1. The highest BCUT2D eigenvalue weighted by Crippen LogP contribution is 2.39. The van der Waals surface area contributed by atoms with Crippen molar-refractivity contribution in [1.29, 1.82) is 0 Å². The Hall–Kier alpha value is -4.57. The standard InChI is InChI=1S/C33H29Cl2N7O5S2/c34-21-1-7-29-19(13-21)15-31(40-29)36-9-11-38-48(44,45)23-3-5-25-26-6-4-24(18-28(26)33(42-43)27(25)17-23)49(46,47)39-12-10-37-32-16-20-14-22(35)2-8-30(20)41-32/h1-8,13-18,36-41,43H,9-12H2. The number of oxime groups is 1. The molecule has 252 valence electrons. The Kier molecular flexibility index (Phi) is 8.77. The zero-order valence-electron chi connectivity index (χ0n) is 25.5. The lowest BCUT2D eigenvalue weighted by Gasteiger charge is -2.10. The monoisotopic (exact) mass is 737 g/mol. The van der Waals surface area contributed by atoms with Crippen LogP contribution in [0.5, 0.6) is 0 Å². The first-order valence-electron chi connectivity index (χ1n) is 15.1. The van der Waals surface area contributed by atoms with Gasteiger partial charge in [0.25, 0.3) is 0 Å². The number of halogens is 2. The molecule has 7 N–H and O–H groups in total. The molecule has 49 heavy (non-hydrogen) atoms. The van der Waals surface area contributed by atoms with Crippen LogP contribution >= 0.6 is 23.2 Å². The first-order chi connectivity index (χ1) is 23.5. The summed E-state index contributed by atoms with van der Waals surface area (Å²) in [6.07, 6.45) is 0. The van der Waals surface area contributed by atoms with E-state index in [0.717, 1.165) is 33.4 Å². The van der Waals surface area contributed by atoms with Crippen molar-refractivity contribution in [2.75, 3.05) is 36.8 Å². The lowest BCUT2D eigenvalue weighted by atomic mass is 10.1. The number of anilines is 2. The van der Waals surface area contributed by atoms with Gasteiger partial charge in [-0.1, -0.05) is 40.5 Å². The molecule has 0 aliphatic heterocycles. The number of fused-ring (bicyclic) bond motifs is 5. The van der Waals surface area contributed by atoms with Gasteiger partial charge in [0.05, 0.1) is 9.79 Å². The largest absolute Gasteiger partial charge is 0.410 e. The van der Waals surface area contributed by atoms with E-state index in [0.29, 0.717) is 45.4 Å². The number of benzene rings is 4. The number of rotatable bonds is 12. The maximum atomic E-state index is 13.2. The fourth-order valence-corrected chi connectivity index (χ4v) is 8.30. The lowest BCUT2D eigenvalue weighted by molar-refractivity contribution is 0.320. The summed E-state index contributed by atoms with van der Waals surface area (Å²) in [6, 6.07) is 23.7. The van der Waals surface area contributed by atoms with Gasteiger partial charge in [0.1, 0.15) is 17.3 Å². The van der Waals surface area contributed by atoms with E-state index in [1.807, 2.05) is 36.4 Å². The number of hydrogen-bond acceptors (Lipinski definition) is 8. The summed E-state index contributed by atoms with van der Waals surface area (Å²) in [5.41, 5.74) is 3.82. The Bertz CT molecular complexity index is 2330. The van der Waals surface area contributed by atoms with Gasteiger partial charge in [0.15, 0.2) is 0 Å². The highest BCUT2D eigenvalue weighted by atomic mass is 35.5. The molecule has 1 aliphatic rings. The van der Waals surface area contributed by atoms with Crippen LogP contribution in [0.2, 0.25) is 10.0 Å². The smallest absolute Gasteiger partial charge is 0.240 e. The van der Waals surface area contributed by atoms with E-state index < -0.39 is 20.0 Å². The molecule has 2 heterocycles. The van der Waals surface area contributed by atoms with Crippen LogP contribution in [0.15, 0.2) is 99.9 Å². The molecule has 0 unspecified atom stereocenters. The van der Waals surface area contributed by atoms with E-state index >= 15 is 0 Å². The molecule has 6 aromatic rings. The molecule has 0 fully saturated rings. The fourth-order valence-electron chi connectivity index (χ4n) is 5.82. The number of aromatic amines is 2. The Labute approximate surface area is 291 Å². The van der Waals surface area contributed by atoms with Gasteiger partial charge in [-0.15, -0.1) is 0 Å². The van der Waals surface area contributed by atoms with Crippen LogP contribution in [-0.4, -0.2) is 63.9 Å². The van der Waals surface area contributed by atoms with E-state index in [1.165, 1.54) is 24.3 Å². The molecule has 7 rings (SSSR count). The van der Waals surface area contributed by atoms with Gasteiger partial charge in [0, 0.05) is 69.2 Å². The first-order valence-corrected chi connectivity index (χ1v) is 18.8. The molecule has 12 nitrogen and oxygen atoms in total.